The SMILES string of the molecule is CCC(=O)C1CCN(c2ncc(NC(=O)C(C)C)cn2)CC1.[HH]. The zero-order chi connectivity index (χ0) is 16.1. The number of carbonyl (C=O) groups is 2. The summed E-state index contributed by atoms with van der Waals surface area (Å²) in [5.74, 6) is 1.08. The molecule has 2 rings (SSSR count). The van der Waals surface area contributed by atoms with Crippen LogP contribution in [0.2, 0.25) is 0 Å². The molecule has 1 aromatic heterocycles. The molecule has 6 heteroatoms. The first-order chi connectivity index (χ1) is 10.5. The highest BCUT2D eigenvalue weighted by atomic mass is 16.1. The van der Waals surface area contributed by atoms with Crippen molar-refractivity contribution < 1.29 is 11.0 Å². The molecule has 2 heterocycles. The van der Waals surface area contributed by atoms with Crippen LogP contribution < -0.4 is 10.2 Å². The van der Waals surface area contributed by atoms with Gasteiger partial charge in [0.25, 0.3) is 0 Å². The second-order valence-electron chi connectivity index (χ2n) is 6.00. The number of amides is 1. The van der Waals surface area contributed by atoms with Crippen LogP contribution in [-0.4, -0.2) is 34.7 Å². The molecule has 0 bridgehead atoms. The lowest BCUT2D eigenvalue weighted by Crippen LogP contribution is -2.37. The van der Waals surface area contributed by atoms with E-state index >= 15 is 0 Å². The molecule has 1 aromatic rings. The molecule has 0 unspecified atom stereocenters. The number of piperidine rings is 1. The molecule has 0 aliphatic carbocycles. The van der Waals surface area contributed by atoms with Crippen molar-refractivity contribution in [2.45, 2.75) is 40.0 Å². The van der Waals surface area contributed by atoms with Crippen LogP contribution in [0.3, 0.4) is 0 Å². The molecule has 0 spiro atoms. The van der Waals surface area contributed by atoms with Crippen molar-refractivity contribution in [2.75, 3.05) is 23.3 Å². The van der Waals surface area contributed by atoms with E-state index in [0.29, 0.717) is 23.8 Å². The van der Waals surface area contributed by atoms with Gasteiger partial charge in [0, 0.05) is 32.8 Å². The van der Waals surface area contributed by atoms with Gasteiger partial charge >= 0.3 is 0 Å². The summed E-state index contributed by atoms with van der Waals surface area (Å²) in [5.41, 5.74) is 0.610. The predicted molar refractivity (Wildman–Crippen MR) is 87.8 cm³/mol. The van der Waals surface area contributed by atoms with Gasteiger partial charge in [-0.1, -0.05) is 20.8 Å². The van der Waals surface area contributed by atoms with Gasteiger partial charge in [0.15, 0.2) is 0 Å². The molecule has 0 aromatic carbocycles. The van der Waals surface area contributed by atoms with E-state index in [-0.39, 0.29) is 19.2 Å². The third-order valence-corrected chi connectivity index (χ3v) is 4.01. The van der Waals surface area contributed by atoms with Crippen molar-refractivity contribution in [3.05, 3.63) is 12.4 Å². The lowest BCUT2D eigenvalue weighted by Gasteiger charge is -2.31. The Labute approximate surface area is 132 Å². The topological polar surface area (TPSA) is 75.2 Å². The lowest BCUT2D eigenvalue weighted by atomic mass is 9.91. The zero-order valence-corrected chi connectivity index (χ0v) is 13.5. The third kappa shape index (κ3) is 4.02. The fraction of sp³-hybridized carbons (Fsp3) is 0.625. The number of rotatable bonds is 5. The van der Waals surface area contributed by atoms with Crippen LogP contribution in [0, 0.1) is 11.8 Å². The minimum Gasteiger partial charge on any atom is -0.341 e. The summed E-state index contributed by atoms with van der Waals surface area (Å²) in [4.78, 5) is 34.1. The van der Waals surface area contributed by atoms with E-state index in [1.807, 2.05) is 20.8 Å². The Bertz CT molecular complexity index is 525. The largest absolute Gasteiger partial charge is 0.341 e. The Morgan fingerprint density at radius 1 is 1.32 bits per heavy atom. The van der Waals surface area contributed by atoms with Crippen LogP contribution in [0.25, 0.3) is 0 Å². The normalized spacial score (nSPS) is 15.9. The van der Waals surface area contributed by atoms with Crippen molar-refractivity contribution in [3.63, 3.8) is 0 Å². The van der Waals surface area contributed by atoms with Crippen molar-refractivity contribution in [2.24, 2.45) is 11.8 Å². The number of hydrogen-bond acceptors (Lipinski definition) is 5. The number of Topliss-reactive ketones (excluding diaryl/α,β-unsaturated/α-hetero) is 1. The third-order valence-electron chi connectivity index (χ3n) is 4.01. The molecule has 1 N–H and O–H groups in total. The van der Waals surface area contributed by atoms with Gasteiger partial charge in [-0.2, -0.15) is 0 Å². The van der Waals surface area contributed by atoms with Gasteiger partial charge in [-0.25, -0.2) is 9.97 Å². The van der Waals surface area contributed by atoms with E-state index < -0.39 is 0 Å². The maximum atomic E-state index is 11.7. The van der Waals surface area contributed by atoms with Crippen LogP contribution in [-0.2, 0) is 9.59 Å². The predicted octanol–water partition coefficient (Wildman–Crippen LogP) is 2.51. The Kier molecular flexibility index (Phi) is 5.46. The van der Waals surface area contributed by atoms with Crippen LogP contribution >= 0.6 is 0 Å². The first-order valence-corrected chi connectivity index (χ1v) is 7.91. The highest BCUT2D eigenvalue weighted by Crippen LogP contribution is 2.22. The number of anilines is 2. The van der Waals surface area contributed by atoms with Crippen molar-refractivity contribution in [1.82, 2.24) is 9.97 Å². The number of hydrogen-bond donors (Lipinski definition) is 1. The Morgan fingerprint density at radius 2 is 1.91 bits per heavy atom. The minimum absolute atomic E-state index is 0. The van der Waals surface area contributed by atoms with Crippen molar-refractivity contribution in [3.8, 4) is 0 Å². The molecule has 1 aliphatic rings. The average Bonchev–Trinajstić information content (AvgIpc) is 2.55. The molecular formula is C16H26N4O2. The minimum atomic E-state index is -0.0743. The van der Waals surface area contributed by atoms with E-state index in [0.717, 1.165) is 25.9 Å². The summed E-state index contributed by atoms with van der Waals surface area (Å²) < 4.78 is 0. The molecular weight excluding hydrogens is 280 g/mol. The molecule has 6 nitrogen and oxygen atoms in total. The van der Waals surface area contributed by atoms with Crippen LogP contribution in [0.15, 0.2) is 12.4 Å². The second kappa shape index (κ2) is 7.33. The fourth-order valence-corrected chi connectivity index (χ4v) is 2.53. The Hall–Kier alpha value is -1.98. The quantitative estimate of drug-likeness (QED) is 0.904. The molecule has 0 radical (unpaired) electrons. The van der Waals surface area contributed by atoms with Crippen LogP contribution in [0.1, 0.15) is 41.5 Å². The zero-order valence-electron chi connectivity index (χ0n) is 13.5. The highest BCUT2D eigenvalue weighted by molar-refractivity contribution is 5.91. The van der Waals surface area contributed by atoms with Gasteiger partial charge in [0.05, 0.1) is 18.1 Å². The average molecular weight is 306 g/mol. The van der Waals surface area contributed by atoms with E-state index in [4.69, 9.17) is 0 Å². The number of nitrogens with zero attached hydrogens (tertiary/aromatic N) is 3. The smallest absolute Gasteiger partial charge is 0.227 e. The standard InChI is InChI=1S/C16H24N4O2.H2/c1-4-14(21)12-5-7-20(8-6-12)16-17-9-13(10-18-16)19-15(22)11(2)3;/h9-12H,4-8H2,1-3H3,(H,19,22);1H. The summed E-state index contributed by atoms with van der Waals surface area (Å²) in [6, 6.07) is 0. The molecule has 1 fully saturated rings. The highest BCUT2D eigenvalue weighted by Gasteiger charge is 2.24. The molecule has 1 saturated heterocycles. The summed E-state index contributed by atoms with van der Waals surface area (Å²) >= 11 is 0. The fourth-order valence-electron chi connectivity index (χ4n) is 2.53. The van der Waals surface area contributed by atoms with Crippen LogP contribution in [0.4, 0.5) is 11.6 Å². The van der Waals surface area contributed by atoms with Gasteiger partial charge in [0.1, 0.15) is 5.78 Å². The van der Waals surface area contributed by atoms with Gasteiger partial charge in [-0.15, -0.1) is 0 Å². The monoisotopic (exact) mass is 306 g/mol. The van der Waals surface area contributed by atoms with E-state index in [9.17, 15) is 9.59 Å². The van der Waals surface area contributed by atoms with Crippen LogP contribution in [0.5, 0.6) is 0 Å². The summed E-state index contributed by atoms with van der Waals surface area (Å²) in [7, 11) is 0. The molecule has 1 aliphatic heterocycles. The maximum absolute atomic E-state index is 11.7. The molecule has 1 amide bonds. The number of ketones is 1. The molecule has 22 heavy (non-hydrogen) atoms. The van der Waals surface area contributed by atoms with E-state index in [1.165, 1.54) is 0 Å². The summed E-state index contributed by atoms with van der Waals surface area (Å²) in [6.07, 6.45) is 5.60. The number of aromatic nitrogens is 2. The maximum Gasteiger partial charge on any atom is 0.227 e. The first kappa shape index (κ1) is 16.4. The van der Waals surface area contributed by atoms with Gasteiger partial charge < -0.3 is 10.2 Å². The van der Waals surface area contributed by atoms with E-state index in [1.54, 1.807) is 12.4 Å². The van der Waals surface area contributed by atoms with Gasteiger partial charge in [-0.3, -0.25) is 9.59 Å². The van der Waals surface area contributed by atoms with E-state index in [2.05, 4.69) is 20.2 Å². The molecule has 0 atom stereocenters. The number of nitrogens with one attached hydrogen (secondary N) is 1. The van der Waals surface area contributed by atoms with Gasteiger partial charge in [0.2, 0.25) is 11.9 Å². The number of carbonyl (C=O) groups excluding carboxylic acids is 2. The first-order valence-electron chi connectivity index (χ1n) is 7.91. The van der Waals surface area contributed by atoms with Gasteiger partial charge in [-0.05, 0) is 12.8 Å². The van der Waals surface area contributed by atoms with Crippen molar-refractivity contribution in [1.29, 1.82) is 0 Å². The summed E-state index contributed by atoms with van der Waals surface area (Å²) in [5, 5.41) is 2.77. The molecule has 0 saturated carbocycles. The Morgan fingerprint density at radius 3 is 2.41 bits per heavy atom. The summed E-state index contributed by atoms with van der Waals surface area (Å²) in [6.45, 7) is 7.20. The van der Waals surface area contributed by atoms with Crippen molar-refractivity contribution >= 4 is 23.3 Å². The Balaban J connectivity index is 0.00000264. The second-order valence-corrected chi connectivity index (χ2v) is 6.00. The molecule has 122 valence electrons. The lowest BCUT2D eigenvalue weighted by molar-refractivity contribution is -0.123.